The Kier molecular flexibility index (Phi) is 5.81. The molecule has 0 aliphatic carbocycles. The predicted octanol–water partition coefficient (Wildman–Crippen LogP) is 5.09. The van der Waals surface area contributed by atoms with Crippen LogP contribution in [-0.2, 0) is 19.4 Å². The van der Waals surface area contributed by atoms with Crippen molar-refractivity contribution in [2.75, 3.05) is 6.54 Å². The van der Waals surface area contributed by atoms with Crippen LogP contribution in [0.3, 0.4) is 0 Å². The summed E-state index contributed by atoms with van der Waals surface area (Å²) in [4.78, 5) is 28.3. The molecule has 6 nitrogen and oxygen atoms in total. The third-order valence-corrected chi connectivity index (χ3v) is 5.78. The van der Waals surface area contributed by atoms with Crippen LogP contribution in [0.1, 0.15) is 34.1 Å². The number of aryl methyl sites for hydroxylation is 1. The molecule has 3 heterocycles. The third-order valence-electron chi connectivity index (χ3n) is 5.78. The second-order valence-electron chi connectivity index (χ2n) is 7.99. The van der Waals surface area contributed by atoms with E-state index in [0.717, 1.165) is 24.1 Å². The van der Waals surface area contributed by atoms with Crippen molar-refractivity contribution < 1.29 is 9.53 Å². The number of ether oxygens (including phenoxy) is 1. The molecule has 1 amide bonds. The second-order valence-corrected chi connectivity index (χ2v) is 7.99. The van der Waals surface area contributed by atoms with E-state index in [1.807, 2.05) is 60.4 Å². The first-order chi connectivity index (χ1) is 16.2. The van der Waals surface area contributed by atoms with E-state index in [0.29, 0.717) is 36.1 Å². The van der Waals surface area contributed by atoms with Crippen LogP contribution in [0.15, 0.2) is 79.1 Å². The molecule has 1 aliphatic rings. The van der Waals surface area contributed by atoms with Gasteiger partial charge in [0.15, 0.2) is 5.82 Å². The van der Waals surface area contributed by atoms with Crippen molar-refractivity contribution in [3.8, 4) is 23.0 Å². The molecular weight excluding hydrogens is 412 g/mol. The monoisotopic (exact) mass is 436 g/mol. The molecular formula is C27H24N4O2. The van der Waals surface area contributed by atoms with E-state index in [-0.39, 0.29) is 5.91 Å². The molecule has 1 aliphatic heterocycles. The number of carbonyl (C=O) groups is 1. The van der Waals surface area contributed by atoms with Gasteiger partial charge in [-0.05, 0) is 54.3 Å². The lowest BCUT2D eigenvalue weighted by Crippen LogP contribution is -2.35. The van der Waals surface area contributed by atoms with E-state index in [1.54, 1.807) is 18.5 Å². The van der Waals surface area contributed by atoms with Gasteiger partial charge in [-0.1, -0.05) is 37.3 Å². The fraction of sp³-hybridized carbons (Fsp3) is 0.185. The molecule has 2 aromatic carbocycles. The summed E-state index contributed by atoms with van der Waals surface area (Å²) in [6, 6.07) is 21.2. The number of fused-ring (bicyclic) bond motifs is 1. The minimum Gasteiger partial charge on any atom is -0.439 e. The Labute approximate surface area is 192 Å². The number of hydrogen-bond donors (Lipinski definition) is 0. The van der Waals surface area contributed by atoms with Gasteiger partial charge in [-0.15, -0.1) is 0 Å². The first-order valence-corrected chi connectivity index (χ1v) is 11.1. The highest BCUT2D eigenvalue weighted by Gasteiger charge is 2.22. The number of carbonyl (C=O) groups excluding carboxylic acids is 1. The summed E-state index contributed by atoms with van der Waals surface area (Å²) in [5.74, 6) is 1.61. The number of amides is 1. The minimum atomic E-state index is 0.00404. The molecule has 6 heteroatoms. The Bertz CT molecular complexity index is 1290. The topological polar surface area (TPSA) is 68.2 Å². The minimum absolute atomic E-state index is 0.00404. The Morgan fingerprint density at radius 1 is 0.970 bits per heavy atom. The Balaban J connectivity index is 1.37. The Morgan fingerprint density at radius 2 is 1.79 bits per heavy atom. The van der Waals surface area contributed by atoms with Crippen LogP contribution in [0.4, 0.5) is 0 Å². The summed E-state index contributed by atoms with van der Waals surface area (Å²) < 4.78 is 6.08. The smallest absolute Gasteiger partial charge is 0.254 e. The van der Waals surface area contributed by atoms with Gasteiger partial charge in [-0.25, -0.2) is 4.98 Å². The van der Waals surface area contributed by atoms with E-state index in [2.05, 4.69) is 27.1 Å². The van der Waals surface area contributed by atoms with Gasteiger partial charge in [0.25, 0.3) is 5.91 Å². The van der Waals surface area contributed by atoms with Crippen molar-refractivity contribution in [3.05, 3.63) is 102 Å². The number of nitrogens with zero attached hydrogens (tertiary/aromatic N) is 4. The van der Waals surface area contributed by atoms with Crippen molar-refractivity contribution in [1.29, 1.82) is 0 Å². The largest absolute Gasteiger partial charge is 0.439 e. The first kappa shape index (κ1) is 20.8. The fourth-order valence-electron chi connectivity index (χ4n) is 4.00. The number of aromatic nitrogens is 3. The maximum atomic E-state index is 13.2. The molecule has 164 valence electrons. The average Bonchev–Trinajstić information content (AvgIpc) is 2.88. The number of pyridine rings is 1. The van der Waals surface area contributed by atoms with Crippen LogP contribution in [-0.4, -0.2) is 32.3 Å². The highest BCUT2D eigenvalue weighted by Crippen LogP contribution is 2.26. The normalized spacial score (nSPS) is 12.8. The summed E-state index contributed by atoms with van der Waals surface area (Å²) in [5, 5.41) is 0. The molecule has 4 aromatic rings. The molecule has 0 bridgehead atoms. The molecule has 0 radical (unpaired) electrons. The van der Waals surface area contributed by atoms with Gasteiger partial charge in [0.05, 0.1) is 0 Å². The number of benzene rings is 2. The van der Waals surface area contributed by atoms with Crippen LogP contribution >= 0.6 is 0 Å². The Hall–Kier alpha value is -4.06. The van der Waals surface area contributed by atoms with Gasteiger partial charge in [0, 0.05) is 48.4 Å². The zero-order valence-corrected chi connectivity index (χ0v) is 18.4. The molecule has 2 aromatic heterocycles. The maximum Gasteiger partial charge on any atom is 0.254 e. The highest BCUT2D eigenvalue weighted by molar-refractivity contribution is 5.94. The van der Waals surface area contributed by atoms with Crippen molar-refractivity contribution in [2.45, 2.75) is 26.3 Å². The average molecular weight is 437 g/mol. The lowest BCUT2D eigenvalue weighted by Gasteiger charge is -2.29. The molecule has 0 N–H and O–H groups in total. The molecule has 0 atom stereocenters. The van der Waals surface area contributed by atoms with Gasteiger partial charge in [-0.3, -0.25) is 9.78 Å². The molecule has 0 saturated carbocycles. The molecule has 0 saturated heterocycles. The quantitative estimate of drug-likeness (QED) is 0.436. The SMILES string of the molecule is CCc1cc(Oc2cccc(C(=O)N3CCc4ccccc4C3)c2)nc(-c2ccncc2)n1. The van der Waals surface area contributed by atoms with E-state index >= 15 is 0 Å². The predicted molar refractivity (Wildman–Crippen MR) is 126 cm³/mol. The number of hydrogen-bond acceptors (Lipinski definition) is 5. The lowest BCUT2D eigenvalue weighted by atomic mass is 9.99. The van der Waals surface area contributed by atoms with Crippen LogP contribution in [0.2, 0.25) is 0 Å². The van der Waals surface area contributed by atoms with Crippen molar-refractivity contribution >= 4 is 5.91 Å². The lowest BCUT2D eigenvalue weighted by molar-refractivity contribution is 0.0734. The molecule has 33 heavy (non-hydrogen) atoms. The molecule has 0 fully saturated rings. The summed E-state index contributed by atoms with van der Waals surface area (Å²) in [7, 11) is 0. The van der Waals surface area contributed by atoms with Gasteiger partial charge < -0.3 is 9.64 Å². The van der Waals surface area contributed by atoms with Crippen LogP contribution in [0.25, 0.3) is 11.4 Å². The highest BCUT2D eigenvalue weighted by atomic mass is 16.5. The third kappa shape index (κ3) is 4.60. The summed E-state index contributed by atoms with van der Waals surface area (Å²) >= 11 is 0. The van der Waals surface area contributed by atoms with Crippen molar-refractivity contribution in [3.63, 3.8) is 0 Å². The summed E-state index contributed by atoms with van der Waals surface area (Å²) in [5.41, 5.74) is 4.89. The van der Waals surface area contributed by atoms with Crippen LogP contribution in [0, 0.1) is 0 Å². The molecule has 5 rings (SSSR count). The second kappa shape index (κ2) is 9.20. The molecule has 0 spiro atoms. The first-order valence-electron chi connectivity index (χ1n) is 11.1. The summed E-state index contributed by atoms with van der Waals surface area (Å²) in [6.45, 7) is 3.38. The van der Waals surface area contributed by atoms with E-state index in [1.165, 1.54) is 11.1 Å². The van der Waals surface area contributed by atoms with Crippen molar-refractivity contribution in [2.24, 2.45) is 0 Å². The van der Waals surface area contributed by atoms with E-state index in [4.69, 9.17) is 4.74 Å². The van der Waals surface area contributed by atoms with Crippen LogP contribution < -0.4 is 4.74 Å². The van der Waals surface area contributed by atoms with E-state index in [9.17, 15) is 4.79 Å². The maximum absolute atomic E-state index is 13.2. The Morgan fingerprint density at radius 3 is 2.61 bits per heavy atom. The van der Waals surface area contributed by atoms with E-state index < -0.39 is 0 Å². The van der Waals surface area contributed by atoms with Crippen LogP contribution in [0.5, 0.6) is 11.6 Å². The van der Waals surface area contributed by atoms with Crippen molar-refractivity contribution in [1.82, 2.24) is 19.9 Å². The van der Waals surface area contributed by atoms with Gasteiger partial charge in [0.2, 0.25) is 5.88 Å². The summed E-state index contributed by atoms with van der Waals surface area (Å²) in [6.07, 6.45) is 5.06. The molecule has 0 unspecified atom stereocenters. The fourth-order valence-corrected chi connectivity index (χ4v) is 4.00. The zero-order valence-electron chi connectivity index (χ0n) is 18.4. The van der Waals surface area contributed by atoms with Gasteiger partial charge in [0.1, 0.15) is 5.75 Å². The zero-order chi connectivity index (χ0) is 22.6. The number of rotatable bonds is 5. The van der Waals surface area contributed by atoms with Gasteiger partial charge in [-0.2, -0.15) is 4.98 Å². The standard InChI is InChI=1S/C27H24N4O2/c1-2-23-17-25(30-26(29-23)20-10-13-28-14-11-20)33-24-9-5-8-21(16-24)27(32)31-15-12-19-6-3-4-7-22(19)18-31/h3-11,13-14,16-17H,2,12,15,18H2,1H3. The van der Waals surface area contributed by atoms with Gasteiger partial charge >= 0.3 is 0 Å².